The molecular weight excluding hydrogens is 553 g/mol. The Labute approximate surface area is 241 Å². The zero-order chi connectivity index (χ0) is 27.6. The molecule has 208 valence electrons. The fraction of sp³-hybridized carbons (Fsp3) is 0.433. The molecule has 5 rings (SSSR count). The number of halogens is 2. The predicted molar refractivity (Wildman–Crippen MR) is 157 cm³/mol. The molecule has 0 radical (unpaired) electrons. The van der Waals surface area contributed by atoms with Crippen LogP contribution >= 0.6 is 23.2 Å². The van der Waals surface area contributed by atoms with Gasteiger partial charge < -0.3 is 10.5 Å². The van der Waals surface area contributed by atoms with E-state index in [0.717, 1.165) is 61.0 Å². The van der Waals surface area contributed by atoms with Gasteiger partial charge in [-0.05, 0) is 104 Å². The van der Waals surface area contributed by atoms with Crippen molar-refractivity contribution >= 4 is 33.2 Å². The summed E-state index contributed by atoms with van der Waals surface area (Å²) >= 11 is 13.0. The average molecular weight is 589 g/mol. The van der Waals surface area contributed by atoms with Crippen molar-refractivity contribution in [3.8, 4) is 16.9 Å². The van der Waals surface area contributed by atoms with E-state index in [1.165, 1.54) is 9.87 Å². The summed E-state index contributed by atoms with van der Waals surface area (Å²) in [4.78, 5) is 4.58. The van der Waals surface area contributed by atoms with Crippen molar-refractivity contribution in [2.45, 2.75) is 67.8 Å². The fourth-order valence-corrected chi connectivity index (χ4v) is 7.19. The largest absolute Gasteiger partial charge is 0.490 e. The Morgan fingerprint density at radius 3 is 2.56 bits per heavy atom. The fourth-order valence-electron chi connectivity index (χ4n) is 5.12. The Morgan fingerprint density at radius 1 is 1.08 bits per heavy atom. The van der Waals surface area contributed by atoms with Crippen LogP contribution in [0.1, 0.15) is 56.1 Å². The van der Waals surface area contributed by atoms with E-state index in [9.17, 15) is 8.42 Å². The maximum absolute atomic E-state index is 13.3. The second-order valence-corrected chi connectivity index (χ2v) is 13.5. The molecule has 3 aromatic rings. The summed E-state index contributed by atoms with van der Waals surface area (Å²) in [5.74, 6) is 0.912. The van der Waals surface area contributed by atoms with Gasteiger partial charge in [-0.25, -0.2) is 12.7 Å². The molecule has 2 N–H and O–H groups in total. The SMILES string of the molecule is CN(CCCCN)S(=O)(=O)c1cc(CCC2(c3cnccc3-c3ccccc3OC3CC3)CC2)c(Cl)cc1Cl. The van der Waals surface area contributed by atoms with Gasteiger partial charge in [-0.15, -0.1) is 0 Å². The van der Waals surface area contributed by atoms with Gasteiger partial charge in [0.25, 0.3) is 0 Å². The summed E-state index contributed by atoms with van der Waals surface area (Å²) in [6.45, 7) is 0.909. The lowest BCUT2D eigenvalue weighted by molar-refractivity contribution is 0.304. The number of rotatable bonds is 13. The number of para-hydroxylation sites is 1. The third-order valence-corrected chi connectivity index (χ3v) is 10.5. The number of nitrogens with zero attached hydrogens (tertiary/aromatic N) is 2. The maximum Gasteiger partial charge on any atom is 0.244 e. The van der Waals surface area contributed by atoms with Crippen molar-refractivity contribution in [2.75, 3.05) is 20.1 Å². The summed E-state index contributed by atoms with van der Waals surface area (Å²) in [6.07, 6.45) is 11.3. The quantitative estimate of drug-likeness (QED) is 0.227. The molecule has 0 amide bonds. The van der Waals surface area contributed by atoms with Gasteiger partial charge in [0.15, 0.2) is 0 Å². The van der Waals surface area contributed by atoms with Crippen molar-refractivity contribution in [3.63, 3.8) is 0 Å². The highest BCUT2D eigenvalue weighted by Crippen LogP contribution is 2.55. The number of unbranched alkanes of at least 4 members (excludes halogenated alkanes) is 1. The summed E-state index contributed by atoms with van der Waals surface area (Å²) in [5.41, 5.74) is 9.74. The first-order chi connectivity index (χ1) is 18.7. The van der Waals surface area contributed by atoms with Gasteiger partial charge in [0.1, 0.15) is 10.6 Å². The number of pyridine rings is 1. The number of hydrogen-bond acceptors (Lipinski definition) is 5. The van der Waals surface area contributed by atoms with Gasteiger partial charge in [-0.2, -0.15) is 0 Å². The minimum Gasteiger partial charge on any atom is -0.490 e. The molecule has 1 aromatic heterocycles. The minimum atomic E-state index is -3.75. The Balaban J connectivity index is 1.39. The highest BCUT2D eigenvalue weighted by Gasteiger charge is 2.45. The first kappa shape index (κ1) is 28.4. The number of ether oxygens (including phenoxy) is 1. The molecule has 6 nitrogen and oxygen atoms in total. The Kier molecular flexibility index (Phi) is 8.55. The zero-order valence-corrected chi connectivity index (χ0v) is 24.5. The van der Waals surface area contributed by atoms with Gasteiger partial charge in [-0.3, -0.25) is 4.98 Å². The summed E-state index contributed by atoms with van der Waals surface area (Å²) in [6, 6.07) is 13.5. The minimum absolute atomic E-state index is 0.0443. The van der Waals surface area contributed by atoms with E-state index >= 15 is 0 Å². The molecule has 0 atom stereocenters. The monoisotopic (exact) mass is 587 g/mol. The Hall–Kier alpha value is -2.16. The molecule has 0 aliphatic heterocycles. The number of hydrogen-bond donors (Lipinski definition) is 1. The molecule has 0 spiro atoms. The van der Waals surface area contributed by atoms with Gasteiger partial charge in [-0.1, -0.05) is 41.4 Å². The van der Waals surface area contributed by atoms with Crippen LogP contribution in [0.2, 0.25) is 10.0 Å². The molecule has 0 unspecified atom stereocenters. The van der Waals surface area contributed by atoms with Crippen molar-refractivity contribution in [2.24, 2.45) is 5.73 Å². The van der Waals surface area contributed by atoms with E-state index in [2.05, 4.69) is 17.1 Å². The highest BCUT2D eigenvalue weighted by atomic mass is 35.5. The normalized spacial score (nSPS) is 16.4. The lowest BCUT2D eigenvalue weighted by atomic mass is 9.85. The summed E-state index contributed by atoms with van der Waals surface area (Å²) in [7, 11) is -2.18. The van der Waals surface area contributed by atoms with Crippen LogP contribution in [0.3, 0.4) is 0 Å². The average Bonchev–Trinajstić information content (AvgIpc) is 3.86. The van der Waals surface area contributed by atoms with E-state index in [1.54, 1.807) is 19.2 Å². The van der Waals surface area contributed by atoms with E-state index in [1.807, 2.05) is 30.6 Å². The third kappa shape index (κ3) is 6.28. The Bertz CT molecular complexity index is 1440. The maximum atomic E-state index is 13.3. The standard InChI is InChI=1S/C30H35Cl2N3O3S/c1-35(17-5-4-15-33)39(36,37)29-18-21(26(31)19-27(29)32)10-12-30(13-14-30)25-20-34-16-11-23(25)24-6-2-3-7-28(24)38-22-8-9-22/h2-3,6-7,11,16,18-20,22H,4-5,8-10,12-15,17,33H2,1H3. The lowest BCUT2D eigenvalue weighted by Crippen LogP contribution is -2.28. The molecule has 0 bridgehead atoms. The summed E-state index contributed by atoms with van der Waals surface area (Å²) < 4.78 is 34.2. The molecule has 2 aliphatic rings. The van der Waals surface area contributed by atoms with Gasteiger partial charge in [0.05, 0.1) is 11.1 Å². The van der Waals surface area contributed by atoms with E-state index in [0.29, 0.717) is 37.1 Å². The van der Waals surface area contributed by atoms with Crippen LogP contribution < -0.4 is 10.5 Å². The van der Waals surface area contributed by atoms with E-state index < -0.39 is 10.0 Å². The number of aromatic nitrogens is 1. The molecule has 2 aliphatic carbocycles. The Morgan fingerprint density at radius 2 is 1.85 bits per heavy atom. The van der Waals surface area contributed by atoms with Crippen LogP contribution in [0.25, 0.3) is 11.1 Å². The number of nitrogens with two attached hydrogens (primary N) is 1. The van der Waals surface area contributed by atoms with Gasteiger partial charge >= 0.3 is 0 Å². The number of benzene rings is 2. The molecular formula is C30H35Cl2N3O3S. The van der Waals surface area contributed by atoms with E-state index in [4.69, 9.17) is 33.7 Å². The van der Waals surface area contributed by atoms with Crippen LogP contribution in [-0.4, -0.2) is 43.9 Å². The van der Waals surface area contributed by atoms with Crippen LogP contribution in [0, 0.1) is 0 Å². The zero-order valence-electron chi connectivity index (χ0n) is 22.2. The lowest BCUT2D eigenvalue weighted by Gasteiger charge is -2.22. The topological polar surface area (TPSA) is 85.5 Å². The molecule has 1 heterocycles. The van der Waals surface area contributed by atoms with Gasteiger partial charge in [0.2, 0.25) is 10.0 Å². The highest BCUT2D eigenvalue weighted by molar-refractivity contribution is 7.89. The molecule has 2 saturated carbocycles. The first-order valence-corrected chi connectivity index (χ1v) is 15.8. The summed E-state index contributed by atoms with van der Waals surface area (Å²) in [5, 5.41) is 0.618. The molecule has 9 heteroatoms. The van der Waals surface area contributed by atoms with Crippen LogP contribution in [0.5, 0.6) is 5.75 Å². The van der Waals surface area contributed by atoms with E-state index in [-0.39, 0.29) is 15.3 Å². The molecule has 0 saturated heterocycles. The van der Waals surface area contributed by atoms with Crippen LogP contribution in [-0.2, 0) is 21.9 Å². The molecule has 2 fully saturated rings. The van der Waals surface area contributed by atoms with Gasteiger partial charge in [0, 0.05) is 36.6 Å². The molecule has 39 heavy (non-hydrogen) atoms. The van der Waals surface area contributed by atoms with Crippen molar-refractivity contribution in [1.82, 2.24) is 9.29 Å². The number of aryl methyl sites for hydroxylation is 1. The second-order valence-electron chi connectivity index (χ2n) is 10.7. The number of sulfonamides is 1. The second kappa shape index (κ2) is 11.8. The molecule has 2 aromatic carbocycles. The first-order valence-electron chi connectivity index (χ1n) is 13.6. The predicted octanol–water partition coefficient (Wildman–Crippen LogP) is 6.62. The van der Waals surface area contributed by atoms with Crippen molar-refractivity contribution in [3.05, 3.63) is 76.0 Å². The third-order valence-electron chi connectivity index (χ3n) is 7.83. The van der Waals surface area contributed by atoms with Crippen LogP contribution in [0.4, 0.5) is 0 Å². The smallest absolute Gasteiger partial charge is 0.244 e. The van der Waals surface area contributed by atoms with Crippen molar-refractivity contribution < 1.29 is 13.2 Å². The van der Waals surface area contributed by atoms with Crippen LogP contribution in [0.15, 0.2) is 59.8 Å². The van der Waals surface area contributed by atoms with Crippen molar-refractivity contribution in [1.29, 1.82) is 0 Å².